The fourth-order valence-corrected chi connectivity index (χ4v) is 0.625. The summed E-state index contributed by atoms with van der Waals surface area (Å²) in [5.41, 5.74) is 5.04. The van der Waals surface area contributed by atoms with Crippen LogP contribution in [0.15, 0.2) is 22.7 Å². The van der Waals surface area contributed by atoms with Gasteiger partial charge in [0.05, 0.1) is 6.07 Å². The van der Waals surface area contributed by atoms with Crippen LogP contribution >= 0.6 is 0 Å². The normalized spacial score (nSPS) is 10.5. The lowest BCUT2D eigenvalue weighted by Gasteiger charge is -1.81. The van der Waals surface area contributed by atoms with Gasteiger partial charge in [-0.15, -0.1) is 0 Å². The number of hydrogen-bond donors (Lipinski definition) is 1. The van der Waals surface area contributed by atoms with Crippen molar-refractivity contribution >= 4 is 12.0 Å². The van der Waals surface area contributed by atoms with Crippen molar-refractivity contribution in [3.8, 4) is 0 Å². The molecular formula is C6H6N2O3. The second kappa shape index (κ2) is 2.87. The highest BCUT2D eigenvalue weighted by molar-refractivity contribution is 5.43. The van der Waals surface area contributed by atoms with Crippen molar-refractivity contribution < 1.29 is 9.34 Å². The van der Waals surface area contributed by atoms with Gasteiger partial charge in [-0.25, -0.2) is 0 Å². The zero-order valence-corrected chi connectivity index (χ0v) is 5.56. The van der Waals surface area contributed by atoms with Gasteiger partial charge in [-0.2, -0.15) is 0 Å². The number of rotatable bonds is 2. The van der Waals surface area contributed by atoms with Crippen LogP contribution in [0.25, 0.3) is 6.08 Å². The predicted octanol–water partition coefficient (Wildman–Crippen LogP) is 1.12. The lowest BCUT2D eigenvalue weighted by molar-refractivity contribution is -0.402. The van der Waals surface area contributed by atoms with Crippen molar-refractivity contribution in [2.24, 2.45) is 5.73 Å². The predicted molar refractivity (Wildman–Crippen MR) is 38.6 cm³/mol. The molecule has 1 aromatic rings. The number of nitrogens with two attached hydrogens (primary N) is 1. The molecule has 0 unspecified atom stereocenters. The van der Waals surface area contributed by atoms with Gasteiger partial charge in [0.25, 0.3) is 0 Å². The molecule has 0 atom stereocenters. The minimum atomic E-state index is -0.603. The Kier molecular flexibility index (Phi) is 1.91. The third-order valence-corrected chi connectivity index (χ3v) is 1.05. The third-order valence-electron chi connectivity index (χ3n) is 1.05. The highest BCUT2D eigenvalue weighted by Crippen LogP contribution is 2.15. The monoisotopic (exact) mass is 154 g/mol. The molecule has 0 aliphatic carbocycles. The molecule has 11 heavy (non-hydrogen) atoms. The van der Waals surface area contributed by atoms with E-state index >= 15 is 0 Å². The van der Waals surface area contributed by atoms with Crippen LogP contribution in [0.5, 0.6) is 0 Å². The fraction of sp³-hybridized carbons (Fsp3) is 0. The van der Waals surface area contributed by atoms with Crippen LogP contribution in [0.2, 0.25) is 0 Å². The van der Waals surface area contributed by atoms with E-state index in [1.54, 1.807) is 0 Å². The molecule has 0 bridgehead atoms. The van der Waals surface area contributed by atoms with Crippen LogP contribution in [-0.2, 0) is 0 Å². The van der Waals surface area contributed by atoms with E-state index in [4.69, 9.17) is 10.2 Å². The number of nitrogens with zero attached hydrogens (tertiary/aromatic N) is 1. The summed E-state index contributed by atoms with van der Waals surface area (Å²) in [7, 11) is 0. The molecule has 0 amide bonds. The number of nitro groups is 1. The maximum Gasteiger partial charge on any atom is 0.433 e. The standard InChI is InChI=1S/C6H6N2O3/c7-4-3-5-1-2-6(11-5)8(9)10/h1-4H,7H2. The van der Waals surface area contributed by atoms with E-state index in [-0.39, 0.29) is 5.88 Å². The zero-order chi connectivity index (χ0) is 8.27. The Balaban J connectivity index is 2.90. The van der Waals surface area contributed by atoms with Crippen molar-refractivity contribution in [3.05, 3.63) is 34.2 Å². The summed E-state index contributed by atoms with van der Waals surface area (Å²) in [6.45, 7) is 0. The summed E-state index contributed by atoms with van der Waals surface area (Å²) in [6.07, 6.45) is 2.69. The molecule has 1 heterocycles. The first-order valence-electron chi connectivity index (χ1n) is 2.86. The second-order valence-electron chi connectivity index (χ2n) is 1.79. The Bertz CT molecular complexity index is 290. The molecule has 0 spiro atoms. The summed E-state index contributed by atoms with van der Waals surface area (Å²) >= 11 is 0. The average Bonchev–Trinajstić information content (AvgIpc) is 2.37. The SMILES string of the molecule is NC=Cc1ccc([N+](=O)[O-])o1. The lowest BCUT2D eigenvalue weighted by atomic mass is 10.4. The van der Waals surface area contributed by atoms with E-state index < -0.39 is 4.92 Å². The molecule has 0 saturated carbocycles. The minimum absolute atomic E-state index is 0.280. The topological polar surface area (TPSA) is 82.3 Å². The van der Waals surface area contributed by atoms with Gasteiger partial charge >= 0.3 is 5.88 Å². The van der Waals surface area contributed by atoms with Crippen molar-refractivity contribution in [3.63, 3.8) is 0 Å². The Morgan fingerprint density at radius 3 is 2.82 bits per heavy atom. The van der Waals surface area contributed by atoms with Crippen molar-refractivity contribution in [1.29, 1.82) is 0 Å². The molecule has 0 aliphatic heterocycles. The van der Waals surface area contributed by atoms with E-state index in [2.05, 4.69) is 0 Å². The first-order chi connectivity index (χ1) is 5.24. The molecule has 0 saturated heterocycles. The highest BCUT2D eigenvalue weighted by Gasteiger charge is 2.09. The van der Waals surface area contributed by atoms with Gasteiger partial charge in [-0.3, -0.25) is 10.1 Å². The smallest absolute Gasteiger partial charge is 0.404 e. The molecule has 0 fully saturated rings. The Labute approximate surface area is 62.3 Å². The van der Waals surface area contributed by atoms with Crippen LogP contribution < -0.4 is 5.73 Å². The Hall–Kier alpha value is -1.78. The quantitative estimate of drug-likeness (QED) is 0.511. The van der Waals surface area contributed by atoms with E-state index in [1.807, 2.05) is 0 Å². The summed E-state index contributed by atoms with van der Waals surface area (Å²) in [5.74, 6) is 0.0947. The summed E-state index contributed by atoms with van der Waals surface area (Å²) < 4.78 is 4.72. The Morgan fingerprint density at radius 1 is 1.64 bits per heavy atom. The van der Waals surface area contributed by atoms with E-state index in [9.17, 15) is 10.1 Å². The third kappa shape index (κ3) is 1.57. The van der Waals surface area contributed by atoms with Crippen molar-refractivity contribution in [2.45, 2.75) is 0 Å². The maximum atomic E-state index is 10.1. The minimum Gasteiger partial charge on any atom is -0.404 e. The molecule has 5 heteroatoms. The molecule has 58 valence electrons. The van der Waals surface area contributed by atoms with Crippen LogP contribution in [-0.4, -0.2) is 4.92 Å². The summed E-state index contributed by atoms with van der Waals surface area (Å²) in [6, 6.07) is 2.75. The van der Waals surface area contributed by atoms with Crippen LogP contribution in [0, 0.1) is 10.1 Å². The van der Waals surface area contributed by atoms with Gasteiger partial charge in [0.15, 0.2) is 0 Å². The van der Waals surface area contributed by atoms with Gasteiger partial charge in [0.1, 0.15) is 10.7 Å². The maximum absolute atomic E-state index is 10.1. The van der Waals surface area contributed by atoms with Gasteiger partial charge in [0.2, 0.25) is 0 Å². The fourth-order valence-electron chi connectivity index (χ4n) is 0.625. The first kappa shape index (κ1) is 7.33. The summed E-state index contributed by atoms with van der Waals surface area (Å²) in [5, 5.41) is 10.1. The van der Waals surface area contributed by atoms with E-state index in [0.717, 1.165) is 0 Å². The second-order valence-corrected chi connectivity index (χ2v) is 1.79. The molecule has 2 N–H and O–H groups in total. The van der Waals surface area contributed by atoms with Gasteiger partial charge in [-0.1, -0.05) is 0 Å². The molecule has 1 aromatic heterocycles. The zero-order valence-electron chi connectivity index (χ0n) is 5.56. The first-order valence-corrected chi connectivity index (χ1v) is 2.86. The average molecular weight is 154 g/mol. The molecule has 0 aromatic carbocycles. The van der Waals surface area contributed by atoms with Crippen LogP contribution in [0.3, 0.4) is 0 Å². The molecule has 0 aliphatic rings. The van der Waals surface area contributed by atoms with Crippen molar-refractivity contribution in [1.82, 2.24) is 0 Å². The number of furan rings is 1. The van der Waals surface area contributed by atoms with Gasteiger partial charge in [0, 0.05) is 0 Å². The lowest BCUT2D eigenvalue weighted by Crippen LogP contribution is -1.82. The highest BCUT2D eigenvalue weighted by atomic mass is 16.6. The molecule has 5 nitrogen and oxygen atoms in total. The van der Waals surface area contributed by atoms with Gasteiger partial charge < -0.3 is 10.2 Å². The number of hydrogen-bond acceptors (Lipinski definition) is 4. The van der Waals surface area contributed by atoms with E-state index in [1.165, 1.54) is 24.4 Å². The van der Waals surface area contributed by atoms with Gasteiger partial charge in [-0.05, 0) is 18.3 Å². The van der Waals surface area contributed by atoms with Crippen LogP contribution in [0.4, 0.5) is 5.88 Å². The molecule has 1 rings (SSSR count). The summed E-state index contributed by atoms with van der Waals surface area (Å²) in [4.78, 5) is 9.47. The van der Waals surface area contributed by atoms with E-state index in [0.29, 0.717) is 5.76 Å². The Morgan fingerprint density at radius 2 is 2.36 bits per heavy atom. The largest absolute Gasteiger partial charge is 0.433 e. The van der Waals surface area contributed by atoms with Crippen molar-refractivity contribution in [2.75, 3.05) is 0 Å². The molecular weight excluding hydrogens is 148 g/mol. The molecule has 0 radical (unpaired) electrons. The van der Waals surface area contributed by atoms with Crippen LogP contribution in [0.1, 0.15) is 5.76 Å².